The molecule has 0 radical (unpaired) electrons. The summed E-state index contributed by atoms with van der Waals surface area (Å²) in [4.78, 5) is 27.0. The normalized spacial score (nSPS) is 11.1. The average Bonchev–Trinajstić information content (AvgIpc) is 3.54. The van der Waals surface area contributed by atoms with Crippen molar-refractivity contribution in [1.82, 2.24) is 29.3 Å². The first-order valence-corrected chi connectivity index (χ1v) is 11.8. The highest BCUT2D eigenvalue weighted by Gasteiger charge is 2.21. The second kappa shape index (κ2) is 10.3. The van der Waals surface area contributed by atoms with E-state index in [-0.39, 0.29) is 5.82 Å². The highest BCUT2D eigenvalue weighted by Crippen LogP contribution is 2.25. The molecule has 3 heterocycles. The number of amides is 1. The molecule has 9 nitrogen and oxygen atoms in total. The zero-order valence-electron chi connectivity index (χ0n) is 19.7. The van der Waals surface area contributed by atoms with Gasteiger partial charge in [-0.05, 0) is 48.7 Å². The maximum absolute atomic E-state index is 13.4. The van der Waals surface area contributed by atoms with E-state index in [0.717, 1.165) is 12.8 Å². The van der Waals surface area contributed by atoms with E-state index in [1.54, 1.807) is 17.1 Å². The smallest absolute Gasteiger partial charge is 0.256 e. The number of anilines is 2. The van der Waals surface area contributed by atoms with E-state index in [2.05, 4.69) is 39.8 Å². The number of carbonyl (C=O) groups is 1. The first kappa shape index (κ1) is 23.2. The van der Waals surface area contributed by atoms with Crippen LogP contribution in [0.5, 0.6) is 0 Å². The van der Waals surface area contributed by atoms with Gasteiger partial charge in [0.15, 0.2) is 17.0 Å². The number of hydrogen-bond donors (Lipinski definition) is 2. The molecule has 36 heavy (non-hydrogen) atoms. The van der Waals surface area contributed by atoms with Crippen LogP contribution in [0, 0.1) is 5.82 Å². The third-order valence-corrected chi connectivity index (χ3v) is 5.61. The standard InChI is InChI=1S/C26H25FN8O/c1-2-16-34-23-21(30-26(34)35-17-6-14-29-35)22(31-24(36)19-9-11-20(27)12-10-19)32-25(33-23)28-15-13-18-7-4-3-5-8-18/h3-12,14,17H,2,13,15-16H2,1H3,(H2,28,31,32,33,36). The van der Waals surface area contributed by atoms with Crippen LogP contribution >= 0.6 is 0 Å². The minimum absolute atomic E-state index is 0.264. The van der Waals surface area contributed by atoms with Gasteiger partial charge in [-0.2, -0.15) is 15.1 Å². The van der Waals surface area contributed by atoms with Gasteiger partial charge in [0.05, 0.1) is 0 Å². The molecule has 10 heteroatoms. The van der Waals surface area contributed by atoms with Gasteiger partial charge in [-0.25, -0.2) is 14.1 Å². The second-order valence-corrected chi connectivity index (χ2v) is 8.21. The summed E-state index contributed by atoms with van der Waals surface area (Å²) in [7, 11) is 0. The average molecular weight is 485 g/mol. The van der Waals surface area contributed by atoms with Crippen LogP contribution in [0.15, 0.2) is 73.1 Å². The van der Waals surface area contributed by atoms with Crippen LogP contribution in [0.3, 0.4) is 0 Å². The number of nitrogens with one attached hydrogen (secondary N) is 2. The summed E-state index contributed by atoms with van der Waals surface area (Å²) in [5.74, 6) is 0.376. The molecule has 1 amide bonds. The number of aryl methyl sites for hydroxylation is 1. The summed E-state index contributed by atoms with van der Waals surface area (Å²) in [5.41, 5.74) is 2.52. The highest BCUT2D eigenvalue weighted by molar-refractivity contribution is 6.07. The van der Waals surface area contributed by atoms with Crippen molar-refractivity contribution in [3.05, 3.63) is 90.0 Å². The van der Waals surface area contributed by atoms with E-state index in [1.807, 2.05) is 28.8 Å². The number of rotatable bonds is 9. The topological polar surface area (TPSA) is 103 Å². The largest absolute Gasteiger partial charge is 0.354 e. The summed E-state index contributed by atoms with van der Waals surface area (Å²) in [6.07, 6.45) is 5.11. The molecule has 0 aliphatic heterocycles. The van der Waals surface area contributed by atoms with E-state index < -0.39 is 11.7 Å². The van der Waals surface area contributed by atoms with Gasteiger partial charge in [-0.1, -0.05) is 37.3 Å². The Labute approximate surface area is 207 Å². The molecule has 0 unspecified atom stereocenters. The lowest BCUT2D eigenvalue weighted by Gasteiger charge is -2.11. The molecule has 5 aromatic rings. The number of fused-ring (bicyclic) bond motifs is 1. The van der Waals surface area contributed by atoms with Crippen LogP contribution in [0.1, 0.15) is 29.3 Å². The van der Waals surface area contributed by atoms with Crippen molar-refractivity contribution in [2.75, 3.05) is 17.2 Å². The van der Waals surface area contributed by atoms with Gasteiger partial charge < -0.3 is 10.6 Å². The van der Waals surface area contributed by atoms with E-state index in [1.165, 1.54) is 29.8 Å². The molecule has 0 saturated heterocycles. The Morgan fingerprint density at radius 3 is 2.53 bits per heavy atom. The van der Waals surface area contributed by atoms with Crippen molar-refractivity contribution in [3.8, 4) is 5.95 Å². The molecule has 3 aromatic heterocycles. The van der Waals surface area contributed by atoms with Crippen LogP contribution in [-0.4, -0.2) is 41.8 Å². The molecule has 0 aliphatic rings. The van der Waals surface area contributed by atoms with Gasteiger partial charge in [0.25, 0.3) is 5.91 Å². The molecule has 2 N–H and O–H groups in total. The number of imidazole rings is 1. The van der Waals surface area contributed by atoms with Crippen molar-refractivity contribution >= 4 is 28.8 Å². The quantitative estimate of drug-likeness (QED) is 0.320. The number of carbonyl (C=O) groups excluding carboxylic acids is 1. The Kier molecular flexibility index (Phi) is 6.65. The maximum atomic E-state index is 13.4. The van der Waals surface area contributed by atoms with Crippen molar-refractivity contribution in [2.24, 2.45) is 0 Å². The van der Waals surface area contributed by atoms with Gasteiger partial charge in [0.1, 0.15) is 5.82 Å². The van der Waals surface area contributed by atoms with Gasteiger partial charge in [-0.3, -0.25) is 9.36 Å². The molecular formula is C26H25FN8O. The lowest BCUT2D eigenvalue weighted by Crippen LogP contribution is -2.16. The number of benzene rings is 2. The third-order valence-electron chi connectivity index (χ3n) is 5.61. The second-order valence-electron chi connectivity index (χ2n) is 8.21. The monoisotopic (exact) mass is 484 g/mol. The van der Waals surface area contributed by atoms with Gasteiger partial charge in [0, 0.05) is 31.0 Å². The van der Waals surface area contributed by atoms with Crippen LogP contribution in [0.4, 0.5) is 16.2 Å². The molecule has 182 valence electrons. The van der Waals surface area contributed by atoms with Gasteiger partial charge in [-0.15, -0.1) is 0 Å². The van der Waals surface area contributed by atoms with Crippen molar-refractivity contribution < 1.29 is 9.18 Å². The van der Waals surface area contributed by atoms with Gasteiger partial charge >= 0.3 is 0 Å². The van der Waals surface area contributed by atoms with Crippen LogP contribution < -0.4 is 10.6 Å². The minimum atomic E-state index is -0.420. The molecule has 0 spiro atoms. The zero-order valence-corrected chi connectivity index (χ0v) is 19.7. The summed E-state index contributed by atoms with van der Waals surface area (Å²) in [5, 5.41) is 10.4. The van der Waals surface area contributed by atoms with Crippen LogP contribution in [0.25, 0.3) is 17.1 Å². The molecule has 0 aliphatic carbocycles. The van der Waals surface area contributed by atoms with Crippen molar-refractivity contribution in [1.29, 1.82) is 0 Å². The Balaban J connectivity index is 1.53. The fourth-order valence-corrected chi connectivity index (χ4v) is 3.89. The lowest BCUT2D eigenvalue weighted by molar-refractivity contribution is 0.102. The molecular weight excluding hydrogens is 459 g/mol. The fourth-order valence-electron chi connectivity index (χ4n) is 3.89. The Morgan fingerprint density at radius 2 is 1.81 bits per heavy atom. The third kappa shape index (κ3) is 4.92. The summed E-state index contributed by atoms with van der Waals surface area (Å²) >= 11 is 0. The predicted octanol–water partition coefficient (Wildman–Crippen LogP) is 4.47. The molecule has 0 atom stereocenters. The van der Waals surface area contributed by atoms with Gasteiger partial charge in [0.2, 0.25) is 11.9 Å². The molecule has 0 saturated carbocycles. The predicted molar refractivity (Wildman–Crippen MR) is 136 cm³/mol. The summed E-state index contributed by atoms with van der Waals surface area (Å²) < 4.78 is 17.0. The number of halogens is 1. The molecule has 0 fully saturated rings. The lowest BCUT2D eigenvalue weighted by atomic mass is 10.1. The van der Waals surface area contributed by atoms with Crippen molar-refractivity contribution in [3.63, 3.8) is 0 Å². The van der Waals surface area contributed by atoms with Crippen molar-refractivity contribution in [2.45, 2.75) is 26.3 Å². The first-order valence-electron chi connectivity index (χ1n) is 11.8. The van der Waals surface area contributed by atoms with E-state index >= 15 is 0 Å². The number of nitrogens with zero attached hydrogens (tertiary/aromatic N) is 6. The SMILES string of the molecule is CCCn1c(-n2cccn2)nc2c(NC(=O)c3ccc(F)cc3)nc(NCCc3ccccc3)nc21. The summed E-state index contributed by atoms with van der Waals surface area (Å²) in [6.45, 7) is 3.32. The Hall–Kier alpha value is -4.60. The van der Waals surface area contributed by atoms with Crippen LogP contribution in [0.2, 0.25) is 0 Å². The minimum Gasteiger partial charge on any atom is -0.354 e. The highest BCUT2D eigenvalue weighted by atomic mass is 19.1. The fraction of sp³-hybridized carbons (Fsp3) is 0.192. The zero-order chi connectivity index (χ0) is 24.9. The maximum Gasteiger partial charge on any atom is 0.256 e. The molecule has 0 bridgehead atoms. The Morgan fingerprint density at radius 1 is 1.00 bits per heavy atom. The van der Waals surface area contributed by atoms with E-state index in [0.29, 0.717) is 41.7 Å². The first-order chi connectivity index (χ1) is 17.6. The molecule has 5 rings (SSSR count). The number of hydrogen-bond acceptors (Lipinski definition) is 6. The van der Waals surface area contributed by atoms with Crippen LogP contribution in [-0.2, 0) is 13.0 Å². The van der Waals surface area contributed by atoms with E-state index in [4.69, 9.17) is 9.97 Å². The molecule has 2 aromatic carbocycles. The summed E-state index contributed by atoms with van der Waals surface area (Å²) in [6, 6.07) is 17.3. The van der Waals surface area contributed by atoms with E-state index in [9.17, 15) is 9.18 Å². The Bertz CT molecular complexity index is 1460. The number of aromatic nitrogens is 6.